The molecule has 0 heterocycles. The lowest BCUT2D eigenvalue weighted by molar-refractivity contribution is -0.122. The molecule has 1 aliphatic rings. The van der Waals surface area contributed by atoms with Crippen LogP contribution in [0.25, 0.3) is 0 Å². The standard InChI is InChI=1S/C18H17ClFNO/c19-13-5-3-4-12(10-13)8-9-21-18(22)16-11-15(16)14-6-1-2-7-17(14)20/h1-7,10,15-16H,8-9,11H2,(H,21,22). The van der Waals surface area contributed by atoms with Gasteiger partial charge in [-0.1, -0.05) is 41.9 Å². The van der Waals surface area contributed by atoms with Gasteiger partial charge in [-0.2, -0.15) is 0 Å². The zero-order valence-electron chi connectivity index (χ0n) is 12.1. The van der Waals surface area contributed by atoms with Crippen LogP contribution in [0.15, 0.2) is 48.5 Å². The van der Waals surface area contributed by atoms with Crippen LogP contribution in [0.2, 0.25) is 5.02 Å². The van der Waals surface area contributed by atoms with E-state index in [1.165, 1.54) is 6.07 Å². The zero-order chi connectivity index (χ0) is 15.5. The van der Waals surface area contributed by atoms with Gasteiger partial charge in [0.25, 0.3) is 0 Å². The molecule has 2 aromatic carbocycles. The van der Waals surface area contributed by atoms with Crippen molar-refractivity contribution < 1.29 is 9.18 Å². The molecule has 3 rings (SSSR count). The van der Waals surface area contributed by atoms with Gasteiger partial charge in [0.05, 0.1) is 0 Å². The van der Waals surface area contributed by atoms with Crippen LogP contribution in [0.1, 0.15) is 23.5 Å². The van der Waals surface area contributed by atoms with Crippen molar-refractivity contribution in [3.05, 3.63) is 70.5 Å². The maximum absolute atomic E-state index is 13.7. The Hall–Kier alpha value is -1.87. The molecule has 1 aliphatic carbocycles. The highest BCUT2D eigenvalue weighted by molar-refractivity contribution is 6.30. The number of hydrogen-bond acceptors (Lipinski definition) is 1. The fourth-order valence-electron chi connectivity index (χ4n) is 2.76. The van der Waals surface area contributed by atoms with Crippen LogP contribution in [0.5, 0.6) is 0 Å². The van der Waals surface area contributed by atoms with Crippen LogP contribution in [-0.2, 0) is 11.2 Å². The molecule has 0 saturated heterocycles. The van der Waals surface area contributed by atoms with Gasteiger partial charge in [-0.15, -0.1) is 0 Å². The van der Waals surface area contributed by atoms with Crippen LogP contribution in [0.4, 0.5) is 4.39 Å². The fraction of sp³-hybridized carbons (Fsp3) is 0.278. The molecule has 114 valence electrons. The molecule has 2 atom stereocenters. The van der Waals surface area contributed by atoms with E-state index < -0.39 is 0 Å². The van der Waals surface area contributed by atoms with Crippen LogP contribution in [0, 0.1) is 11.7 Å². The number of hydrogen-bond donors (Lipinski definition) is 1. The van der Waals surface area contributed by atoms with Gasteiger partial charge in [0, 0.05) is 17.5 Å². The SMILES string of the molecule is O=C(NCCc1cccc(Cl)c1)C1CC1c1ccccc1F. The summed E-state index contributed by atoms with van der Waals surface area (Å²) >= 11 is 5.93. The predicted octanol–water partition coefficient (Wildman–Crippen LogP) is 3.94. The molecule has 0 aliphatic heterocycles. The number of nitrogens with one attached hydrogen (secondary N) is 1. The Morgan fingerprint density at radius 3 is 2.82 bits per heavy atom. The second-order valence-corrected chi connectivity index (χ2v) is 6.08. The minimum absolute atomic E-state index is 0.00952. The Kier molecular flexibility index (Phi) is 4.44. The molecular formula is C18H17ClFNO. The van der Waals surface area contributed by atoms with Crippen molar-refractivity contribution in [3.8, 4) is 0 Å². The normalized spacial score (nSPS) is 19.7. The lowest BCUT2D eigenvalue weighted by atomic mass is 10.1. The Bertz CT molecular complexity index is 688. The Morgan fingerprint density at radius 2 is 2.05 bits per heavy atom. The summed E-state index contributed by atoms with van der Waals surface area (Å²) in [5.41, 5.74) is 1.74. The van der Waals surface area contributed by atoms with Gasteiger partial charge in [0.2, 0.25) is 5.91 Å². The first-order valence-electron chi connectivity index (χ1n) is 7.42. The van der Waals surface area contributed by atoms with Crippen molar-refractivity contribution in [1.82, 2.24) is 5.32 Å². The van der Waals surface area contributed by atoms with Crippen molar-refractivity contribution in [2.24, 2.45) is 5.92 Å². The third kappa shape index (κ3) is 3.47. The second-order valence-electron chi connectivity index (χ2n) is 5.64. The van der Waals surface area contributed by atoms with Crippen LogP contribution in [0.3, 0.4) is 0 Å². The van der Waals surface area contributed by atoms with Crippen molar-refractivity contribution in [3.63, 3.8) is 0 Å². The van der Waals surface area contributed by atoms with E-state index in [4.69, 9.17) is 11.6 Å². The van der Waals surface area contributed by atoms with Crippen LogP contribution < -0.4 is 5.32 Å². The zero-order valence-corrected chi connectivity index (χ0v) is 12.8. The van der Waals surface area contributed by atoms with Gasteiger partial charge in [-0.25, -0.2) is 4.39 Å². The van der Waals surface area contributed by atoms with E-state index in [0.717, 1.165) is 18.4 Å². The molecule has 4 heteroatoms. The third-order valence-corrected chi connectivity index (χ3v) is 4.27. The summed E-state index contributed by atoms with van der Waals surface area (Å²) in [6.07, 6.45) is 1.47. The van der Waals surface area contributed by atoms with Gasteiger partial charge >= 0.3 is 0 Å². The van der Waals surface area contributed by atoms with Gasteiger partial charge < -0.3 is 5.32 Å². The predicted molar refractivity (Wildman–Crippen MR) is 85.4 cm³/mol. The Balaban J connectivity index is 1.49. The lowest BCUT2D eigenvalue weighted by Crippen LogP contribution is -2.27. The monoisotopic (exact) mass is 317 g/mol. The highest BCUT2D eigenvalue weighted by Crippen LogP contribution is 2.48. The summed E-state index contributed by atoms with van der Waals surface area (Å²) in [4.78, 5) is 12.1. The molecule has 1 amide bonds. The molecule has 0 aromatic heterocycles. The van der Waals surface area contributed by atoms with E-state index in [2.05, 4.69) is 5.32 Å². The average Bonchev–Trinajstić information content (AvgIpc) is 3.28. The first kappa shape index (κ1) is 15.0. The number of halogens is 2. The van der Waals surface area contributed by atoms with E-state index in [1.807, 2.05) is 30.3 Å². The summed E-state index contributed by atoms with van der Waals surface area (Å²) in [5.74, 6) is -0.291. The lowest BCUT2D eigenvalue weighted by Gasteiger charge is -2.06. The minimum atomic E-state index is -0.221. The van der Waals surface area contributed by atoms with Crippen LogP contribution in [-0.4, -0.2) is 12.5 Å². The molecule has 2 unspecified atom stereocenters. The van der Waals surface area contributed by atoms with Crippen LogP contribution >= 0.6 is 11.6 Å². The Labute approximate surface area is 134 Å². The van der Waals surface area contributed by atoms with E-state index in [1.54, 1.807) is 12.1 Å². The maximum atomic E-state index is 13.7. The average molecular weight is 318 g/mol. The molecule has 2 aromatic rings. The molecule has 1 saturated carbocycles. The first-order valence-corrected chi connectivity index (χ1v) is 7.79. The molecule has 2 nitrogen and oxygen atoms in total. The number of amides is 1. The van der Waals surface area contributed by atoms with E-state index >= 15 is 0 Å². The van der Waals surface area contributed by atoms with E-state index in [9.17, 15) is 9.18 Å². The molecule has 0 bridgehead atoms. The van der Waals surface area contributed by atoms with Crippen molar-refractivity contribution >= 4 is 17.5 Å². The Morgan fingerprint density at radius 1 is 1.23 bits per heavy atom. The third-order valence-electron chi connectivity index (χ3n) is 4.03. The number of carbonyl (C=O) groups excluding carboxylic acids is 1. The highest BCUT2D eigenvalue weighted by atomic mass is 35.5. The maximum Gasteiger partial charge on any atom is 0.223 e. The summed E-state index contributed by atoms with van der Waals surface area (Å²) in [7, 11) is 0. The smallest absolute Gasteiger partial charge is 0.223 e. The van der Waals surface area contributed by atoms with Gasteiger partial charge in [0.1, 0.15) is 5.82 Å². The molecule has 22 heavy (non-hydrogen) atoms. The topological polar surface area (TPSA) is 29.1 Å². The quantitative estimate of drug-likeness (QED) is 0.889. The number of rotatable bonds is 5. The highest BCUT2D eigenvalue weighted by Gasteiger charge is 2.44. The summed E-state index contributed by atoms with van der Waals surface area (Å²) < 4.78 is 13.7. The molecule has 1 fully saturated rings. The summed E-state index contributed by atoms with van der Waals surface area (Å²) in [5, 5.41) is 3.63. The molecular weight excluding hydrogens is 301 g/mol. The van der Waals surface area contributed by atoms with Crippen molar-refractivity contribution in [2.45, 2.75) is 18.8 Å². The van der Waals surface area contributed by atoms with Gasteiger partial charge in [-0.05, 0) is 48.1 Å². The second kappa shape index (κ2) is 6.49. The van der Waals surface area contributed by atoms with Gasteiger partial charge in [-0.3, -0.25) is 4.79 Å². The largest absolute Gasteiger partial charge is 0.356 e. The first-order chi connectivity index (χ1) is 10.6. The fourth-order valence-corrected chi connectivity index (χ4v) is 2.97. The molecule has 0 spiro atoms. The van der Waals surface area contributed by atoms with Gasteiger partial charge in [0.15, 0.2) is 0 Å². The minimum Gasteiger partial charge on any atom is -0.356 e. The summed E-state index contributed by atoms with van der Waals surface area (Å²) in [6, 6.07) is 14.3. The molecule has 1 N–H and O–H groups in total. The van der Waals surface area contributed by atoms with Crippen molar-refractivity contribution in [2.75, 3.05) is 6.54 Å². The number of benzene rings is 2. The van der Waals surface area contributed by atoms with Crippen molar-refractivity contribution in [1.29, 1.82) is 0 Å². The number of carbonyl (C=O) groups is 1. The summed E-state index contributed by atoms with van der Waals surface area (Å²) in [6.45, 7) is 0.569. The van der Waals surface area contributed by atoms with E-state index in [0.29, 0.717) is 17.1 Å². The molecule has 0 radical (unpaired) electrons. The van der Waals surface area contributed by atoms with E-state index in [-0.39, 0.29) is 23.6 Å².